The van der Waals surface area contributed by atoms with Crippen molar-refractivity contribution in [3.63, 3.8) is 0 Å². The molecule has 0 spiro atoms. The number of hydrogen-bond acceptors (Lipinski definition) is 6. The molecule has 0 aliphatic carbocycles. The number of esters is 1. The molecule has 1 unspecified atom stereocenters. The Balaban J connectivity index is 2.06. The molecule has 0 saturated heterocycles. The summed E-state index contributed by atoms with van der Waals surface area (Å²) in [5.41, 5.74) is 0. The number of carbonyl (C=O) groups excluding carboxylic acids is 2. The van der Waals surface area contributed by atoms with E-state index in [0.717, 1.165) is 4.90 Å². The summed E-state index contributed by atoms with van der Waals surface area (Å²) in [6.45, 7) is 6.24. The van der Waals surface area contributed by atoms with Crippen molar-refractivity contribution in [2.24, 2.45) is 0 Å². The first-order chi connectivity index (χ1) is 11.5. The highest BCUT2D eigenvalue weighted by molar-refractivity contribution is 8.00. The van der Waals surface area contributed by atoms with Gasteiger partial charge in [0.05, 0.1) is 4.90 Å². The number of ether oxygens (including phenoxy) is 2. The molecule has 1 aromatic rings. The first kappa shape index (κ1) is 18.6. The van der Waals surface area contributed by atoms with Crippen molar-refractivity contribution in [3.8, 4) is 5.75 Å². The van der Waals surface area contributed by atoms with Crippen LogP contribution >= 0.6 is 11.8 Å². The minimum Gasteiger partial charge on any atom is -0.487 e. The average Bonchev–Trinajstić information content (AvgIpc) is 2.71. The van der Waals surface area contributed by atoms with Gasteiger partial charge < -0.3 is 19.5 Å². The Hall–Kier alpha value is -1.73. The molecule has 0 aromatic heterocycles. The highest BCUT2D eigenvalue weighted by Gasteiger charge is 2.38. The van der Waals surface area contributed by atoms with Crippen molar-refractivity contribution in [2.45, 2.75) is 43.1 Å². The highest BCUT2D eigenvalue weighted by Crippen LogP contribution is 2.38. The van der Waals surface area contributed by atoms with Gasteiger partial charge in [0.25, 0.3) is 5.91 Å². The lowest BCUT2D eigenvalue weighted by molar-refractivity contribution is -0.153. The third kappa shape index (κ3) is 4.21. The number of aliphatic hydroxyl groups excluding tert-OH is 1. The quantitative estimate of drug-likeness (QED) is 0.812. The normalized spacial score (nSPS) is 22.8. The molecule has 24 heavy (non-hydrogen) atoms. The molecule has 2 rings (SSSR count). The fourth-order valence-electron chi connectivity index (χ4n) is 2.44. The lowest BCUT2D eigenvalue weighted by Crippen LogP contribution is -2.42. The molecule has 6 nitrogen and oxygen atoms in total. The number of thioether (sulfide) groups is 1. The van der Waals surface area contributed by atoms with Gasteiger partial charge in [-0.3, -0.25) is 9.59 Å². The number of rotatable bonds is 5. The molecule has 0 radical (unpaired) electrons. The number of fused-ring (bicyclic) bond motifs is 1. The van der Waals surface area contributed by atoms with Gasteiger partial charge in [-0.05, 0) is 32.9 Å². The van der Waals surface area contributed by atoms with Crippen LogP contribution in [0.2, 0.25) is 0 Å². The Kier molecular flexibility index (Phi) is 6.51. The Morgan fingerprint density at radius 2 is 1.96 bits per heavy atom. The average molecular weight is 353 g/mol. The molecule has 1 aliphatic rings. The van der Waals surface area contributed by atoms with Gasteiger partial charge >= 0.3 is 5.97 Å². The van der Waals surface area contributed by atoms with Gasteiger partial charge in [0.2, 0.25) is 0 Å². The number of carbonyl (C=O) groups is 2. The van der Waals surface area contributed by atoms with E-state index in [1.165, 1.54) is 11.8 Å². The summed E-state index contributed by atoms with van der Waals surface area (Å²) in [6.07, 6.45) is -1.59. The summed E-state index contributed by atoms with van der Waals surface area (Å²) in [5.74, 6) is -0.227. The molecular weight excluding hydrogens is 330 g/mol. The Morgan fingerprint density at radius 3 is 2.62 bits per heavy atom. The summed E-state index contributed by atoms with van der Waals surface area (Å²) in [5, 5.41) is 9.55. The molecule has 0 bridgehead atoms. The molecule has 0 fully saturated rings. The van der Waals surface area contributed by atoms with Crippen LogP contribution in [0, 0.1) is 0 Å². The SMILES string of the molecule is CCN(CC)C(=O)COC(=O)[C@@H]1Sc2ccccc2OC(C)[C@@H]1O. The van der Waals surface area contributed by atoms with Gasteiger partial charge in [0, 0.05) is 13.1 Å². The summed E-state index contributed by atoms with van der Waals surface area (Å²) >= 11 is 1.19. The molecule has 1 aliphatic heterocycles. The standard InChI is InChI=1S/C17H23NO5S/c1-4-18(5-2)14(19)10-22-17(21)16-15(20)11(3)23-12-8-6-7-9-13(12)24-16/h6-9,11,15-16,20H,4-5,10H2,1-3H3/t11?,15-,16+/m0/s1. The number of benzene rings is 1. The van der Waals surface area contributed by atoms with Gasteiger partial charge in [0.1, 0.15) is 23.2 Å². The van der Waals surface area contributed by atoms with Gasteiger partial charge in [-0.1, -0.05) is 12.1 Å². The first-order valence-electron chi connectivity index (χ1n) is 8.02. The summed E-state index contributed by atoms with van der Waals surface area (Å²) in [7, 11) is 0. The zero-order chi connectivity index (χ0) is 17.7. The van der Waals surface area contributed by atoms with Crippen LogP contribution in [-0.4, -0.2) is 59.0 Å². The molecular formula is C17H23NO5S. The predicted molar refractivity (Wildman–Crippen MR) is 91.1 cm³/mol. The third-order valence-electron chi connectivity index (χ3n) is 3.89. The maximum Gasteiger partial charge on any atom is 0.322 e. The highest BCUT2D eigenvalue weighted by atomic mass is 32.2. The van der Waals surface area contributed by atoms with Crippen molar-refractivity contribution in [1.82, 2.24) is 4.90 Å². The monoisotopic (exact) mass is 353 g/mol. The van der Waals surface area contributed by atoms with E-state index < -0.39 is 23.4 Å². The van der Waals surface area contributed by atoms with Crippen molar-refractivity contribution in [3.05, 3.63) is 24.3 Å². The smallest absolute Gasteiger partial charge is 0.322 e. The van der Waals surface area contributed by atoms with Crippen molar-refractivity contribution >= 4 is 23.6 Å². The minimum atomic E-state index is -1.03. The number of likely N-dealkylation sites (N-methyl/N-ethyl adjacent to an activating group) is 1. The molecule has 1 heterocycles. The lowest BCUT2D eigenvalue weighted by Gasteiger charge is -2.23. The van der Waals surface area contributed by atoms with E-state index in [2.05, 4.69) is 0 Å². The van der Waals surface area contributed by atoms with Crippen LogP contribution in [0.1, 0.15) is 20.8 Å². The largest absolute Gasteiger partial charge is 0.487 e. The Bertz CT molecular complexity index is 590. The second-order valence-corrected chi connectivity index (χ2v) is 6.66. The maximum absolute atomic E-state index is 12.4. The fraction of sp³-hybridized carbons (Fsp3) is 0.529. The molecule has 1 N–H and O–H groups in total. The van der Waals surface area contributed by atoms with Crippen LogP contribution in [0.4, 0.5) is 0 Å². The van der Waals surface area contributed by atoms with Crippen LogP contribution in [0.15, 0.2) is 29.2 Å². The van der Waals surface area contributed by atoms with Crippen LogP contribution in [0.25, 0.3) is 0 Å². The van der Waals surface area contributed by atoms with Crippen LogP contribution in [0.3, 0.4) is 0 Å². The van der Waals surface area contributed by atoms with E-state index in [0.29, 0.717) is 18.8 Å². The number of nitrogens with zero attached hydrogens (tertiary/aromatic N) is 1. The van der Waals surface area contributed by atoms with Crippen LogP contribution in [-0.2, 0) is 14.3 Å². The number of hydrogen-bond donors (Lipinski definition) is 1. The van der Waals surface area contributed by atoms with E-state index in [1.807, 2.05) is 32.0 Å². The molecule has 0 saturated carbocycles. The minimum absolute atomic E-state index is 0.244. The molecule has 3 atom stereocenters. The van der Waals surface area contributed by atoms with Crippen molar-refractivity contribution in [1.29, 1.82) is 0 Å². The van der Waals surface area contributed by atoms with Gasteiger partial charge in [-0.2, -0.15) is 0 Å². The van der Waals surface area contributed by atoms with E-state index in [-0.39, 0.29) is 12.5 Å². The van der Waals surface area contributed by atoms with Crippen LogP contribution < -0.4 is 4.74 Å². The summed E-state index contributed by atoms with van der Waals surface area (Å²) < 4.78 is 10.8. The number of aliphatic hydroxyl groups is 1. The molecule has 7 heteroatoms. The topological polar surface area (TPSA) is 76.1 Å². The summed E-state index contributed by atoms with van der Waals surface area (Å²) in [6, 6.07) is 7.29. The van der Waals surface area contributed by atoms with Crippen molar-refractivity contribution in [2.75, 3.05) is 19.7 Å². The van der Waals surface area contributed by atoms with Gasteiger partial charge in [-0.15, -0.1) is 11.8 Å². The van der Waals surface area contributed by atoms with E-state index >= 15 is 0 Å². The molecule has 1 amide bonds. The van der Waals surface area contributed by atoms with Gasteiger partial charge in [0.15, 0.2) is 6.61 Å². The number of amides is 1. The molecule has 1 aromatic carbocycles. The fourth-order valence-corrected chi connectivity index (χ4v) is 3.63. The second kappa shape index (κ2) is 8.39. The predicted octanol–water partition coefficient (Wildman–Crippen LogP) is 1.70. The van der Waals surface area contributed by atoms with E-state index in [4.69, 9.17) is 9.47 Å². The number of para-hydroxylation sites is 1. The lowest BCUT2D eigenvalue weighted by atomic mass is 10.1. The van der Waals surface area contributed by atoms with Crippen molar-refractivity contribution < 1.29 is 24.2 Å². The Labute approximate surface area is 146 Å². The molecule has 132 valence electrons. The van der Waals surface area contributed by atoms with Gasteiger partial charge in [-0.25, -0.2) is 0 Å². The zero-order valence-corrected chi connectivity index (χ0v) is 14.9. The van der Waals surface area contributed by atoms with Crippen LogP contribution in [0.5, 0.6) is 5.75 Å². The van der Waals surface area contributed by atoms with E-state index in [1.54, 1.807) is 17.9 Å². The third-order valence-corrected chi connectivity index (χ3v) is 5.21. The Morgan fingerprint density at radius 1 is 1.29 bits per heavy atom. The van der Waals surface area contributed by atoms with E-state index in [9.17, 15) is 14.7 Å². The first-order valence-corrected chi connectivity index (χ1v) is 8.90. The zero-order valence-electron chi connectivity index (χ0n) is 14.1. The maximum atomic E-state index is 12.4. The summed E-state index contributed by atoms with van der Waals surface area (Å²) in [4.78, 5) is 26.7. The second-order valence-electron chi connectivity index (χ2n) is 5.47.